The van der Waals surface area contributed by atoms with E-state index in [1.54, 1.807) is 23.3 Å². The van der Waals surface area contributed by atoms with Crippen molar-refractivity contribution in [1.82, 2.24) is 19.7 Å². The molecule has 0 fully saturated rings. The summed E-state index contributed by atoms with van der Waals surface area (Å²) in [5, 5.41) is 4.16. The van der Waals surface area contributed by atoms with Crippen LogP contribution in [0.3, 0.4) is 0 Å². The van der Waals surface area contributed by atoms with Crippen LogP contribution in [0.2, 0.25) is 0 Å². The molecule has 19 heavy (non-hydrogen) atoms. The monoisotopic (exact) mass is 316 g/mol. The number of hydrogen-bond donors (Lipinski definition) is 0. The van der Waals surface area contributed by atoms with Gasteiger partial charge >= 0.3 is 6.01 Å². The Hall–Kier alpha value is -2.21. The minimum atomic E-state index is 0.315. The molecule has 3 rings (SSSR count). The molecular weight excluding hydrogens is 308 g/mol. The third kappa shape index (κ3) is 2.79. The van der Waals surface area contributed by atoms with E-state index in [0.717, 1.165) is 10.2 Å². The molecule has 0 radical (unpaired) electrons. The Morgan fingerprint density at radius 2 is 1.79 bits per heavy atom. The second-order valence-electron chi connectivity index (χ2n) is 3.73. The largest absolute Gasteiger partial charge is 0.424 e. The molecule has 1 aromatic carbocycles. The highest BCUT2D eigenvalue weighted by Gasteiger charge is 2.01. The average molecular weight is 317 g/mol. The first kappa shape index (κ1) is 11.9. The Morgan fingerprint density at radius 3 is 2.42 bits per heavy atom. The Balaban J connectivity index is 1.77. The molecule has 94 valence electrons. The highest BCUT2D eigenvalue weighted by Crippen LogP contribution is 2.20. The predicted octanol–water partition coefficient (Wildman–Crippen LogP) is 3.22. The molecule has 0 amide bonds. The van der Waals surface area contributed by atoms with Crippen molar-refractivity contribution in [2.75, 3.05) is 0 Å². The molecule has 0 atom stereocenters. The average Bonchev–Trinajstić information content (AvgIpc) is 2.96. The number of rotatable bonds is 3. The first-order valence-corrected chi connectivity index (χ1v) is 6.36. The molecular formula is C13H9BrN4O. The van der Waals surface area contributed by atoms with Gasteiger partial charge in [-0.1, -0.05) is 0 Å². The summed E-state index contributed by atoms with van der Waals surface area (Å²) in [4.78, 5) is 8.10. The fraction of sp³-hybridized carbons (Fsp3) is 0. The molecule has 0 aliphatic carbocycles. The van der Waals surface area contributed by atoms with Crippen molar-refractivity contribution in [3.8, 4) is 17.4 Å². The smallest absolute Gasteiger partial charge is 0.321 e. The van der Waals surface area contributed by atoms with Crippen LogP contribution in [0.1, 0.15) is 0 Å². The molecule has 3 aromatic rings. The van der Waals surface area contributed by atoms with Crippen LogP contribution in [0, 0.1) is 0 Å². The molecule has 2 heterocycles. The summed E-state index contributed by atoms with van der Waals surface area (Å²) < 4.78 is 8.12. The van der Waals surface area contributed by atoms with E-state index in [0.29, 0.717) is 11.8 Å². The fourth-order valence-corrected chi connectivity index (χ4v) is 1.75. The highest BCUT2D eigenvalue weighted by molar-refractivity contribution is 9.10. The summed E-state index contributed by atoms with van der Waals surface area (Å²) in [7, 11) is 0. The van der Waals surface area contributed by atoms with E-state index >= 15 is 0 Å². The number of benzene rings is 1. The topological polar surface area (TPSA) is 52.8 Å². The van der Waals surface area contributed by atoms with Crippen LogP contribution in [0.4, 0.5) is 0 Å². The maximum Gasteiger partial charge on any atom is 0.321 e. The zero-order chi connectivity index (χ0) is 13.1. The maximum absolute atomic E-state index is 5.53. The molecule has 0 saturated heterocycles. The third-order valence-corrected chi connectivity index (χ3v) is 2.82. The van der Waals surface area contributed by atoms with E-state index in [-0.39, 0.29) is 0 Å². The number of nitrogens with zero attached hydrogens (tertiary/aromatic N) is 4. The number of halogens is 1. The molecule has 0 aliphatic rings. The molecule has 0 bridgehead atoms. The van der Waals surface area contributed by atoms with Gasteiger partial charge in [-0.15, -0.1) is 0 Å². The quantitative estimate of drug-likeness (QED) is 0.744. The van der Waals surface area contributed by atoms with Gasteiger partial charge in [-0.3, -0.25) is 0 Å². The van der Waals surface area contributed by atoms with E-state index in [1.165, 1.54) is 0 Å². The van der Waals surface area contributed by atoms with E-state index in [9.17, 15) is 0 Å². The van der Waals surface area contributed by atoms with E-state index in [2.05, 4.69) is 31.0 Å². The summed E-state index contributed by atoms with van der Waals surface area (Å²) in [6.45, 7) is 0. The number of ether oxygens (including phenoxy) is 1. The Bertz CT molecular complexity index is 650. The number of hydrogen-bond acceptors (Lipinski definition) is 4. The SMILES string of the molecule is Brc1cnc(Oc2ccc(-n3cccn3)cc2)nc1. The molecule has 0 unspecified atom stereocenters. The molecule has 5 nitrogen and oxygen atoms in total. The Morgan fingerprint density at radius 1 is 1.05 bits per heavy atom. The van der Waals surface area contributed by atoms with Crippen molar-refractivity contribution in [1.29, 1.82) is 0 Å². The normalized spacial score (nSPS) is 10.4. The lowest BCUT2D eigenvalue weighted by Gasteiger charge is -2.05. The van der Waals surface area contributed by atoms with Crippen molar-refractivity contribution in [2.45, 2.75) is 0 Å². The van der Waals surface area contributed by atoms with Gasteiger partial charge in [0, 0.05) is 24.8 Å². The van der Waals surface area contributed by atoms with Crippen LogP contribution >= 0.6 is 15.9 Å². The van der Waals surface area contributed by atoms with E-state index in [4.69, 9.17) is 4.74 Å². The van der Waals surface area contributed by atoms with Gasteiger partial charge in [-0.25, -0.2) is 14.6 Å². The minimum Gasteiger partial charge on any atom is -0.424 e. The predicted molar refractivity (Wildman–Crippen MR) is 73.4 cm³/mol. The molecule has 2 aromatic heterocycles. The zero-order valence-electron chi connectivity index (χ0n) is 9.77. The maximum atomic E-state index is 5.53. The summed E-state index contributed by atoms with van der Waals surface area (Å²) in [5.74, 6) is 0.679. The Labute approximate surface area is 118 Å². The molecule has 0 N–H and O–H groups in total. The second kappa shape index (κ2) is 5.19. The molecule has 0 saturated carbocycles. The molecule has 6 heteroatoms. The van der Waals surface area contributed by atoms with Crippen LogP contribution < -0.4 is 4.74 Å². The van der Waals surface area contributed by atoms with Crippen LogP contribution in [-0.2, 0) is 0 Å². The molecule has 0 aliphatic heterocycles. The van der Waals surface area contributed by atoms with Gasteiger partial charge in [-0.2, -0.15) is 5.10 Å². The van der Waals surface area contributed by atoms with E-state index in [1.807, 2.05) is 36.5 Å². The van der Waals surface area contributed by atoms with E-state index < -0.39 is 0 Å². The van der Waals surface area contributed by atoms with Crippen molar-refractivity contribution in [3.05, 3.63) is 59.6 Å². The first-order valence-electron chi connectivity index (χ1n) is 5.57. The fourth-order valence-electron chi connectivity index (χ4n) is 1.55. The van der Waals surface area contributed by atoms with Crippen LogP contribution in [-0.4, -0.2) is 19.7 Å². The summed E-state index contributed by atoms with van der Waals surface area (Å²) in [6.07, 6.45) is 6.90. The summed E-state index contributed by atoms with van der Waals surface area (Å²) in [5.41, 5.74) is 0.967. The first-order chi connectivity index (χ1) is 9.31. The standard InChI is InChI=1S/C13H9BrN4O/c14-10-8-15-13(16-9-10)19-12-4-2-11(3-5-12)18-7-1-6-17-18/h1-9H. The zero-order valence-corrected chi connectivity index (χ0v) is 11.4. The van der Waals surface area contributed by atoms with Gasteiger partial charge in [0.15, 0.2) is 0 Å². The van der Waals surface area contributed by atoms with Gasteiger partial charge < -0.3 is 4.74 Å². The third-order valence-electron chi connectivity index (χ3n) is 2.41. The minimum absolute atomic E-state index is 0.315. The van der Waals surface area contributed by atoms with Crippen molar-refractivity contribution in [3.63, 3.8) is 0 Å². The summed E-state index contributed by atoms with van der Waals surface area (Å²) >= 11 is 3.27. The van der Waals surface area contributed by atoms with Gasteiger partial charge in [0.2, 0.25) is 0 Å². The van der Waals surface area contributed by atoms with Crippen molar-refractivity contribution < 1.29 is 4.74 Å². The lowest BCUT2D eigenvalue weighted by Crippen LogP contribution is -1.94. The van der Waals surface area contributed by atoms with Gasteiger partial charge in [0.05, 0.1) is 10.2 Å². The molecule has 0 spiro atoms. The van der Waals surface area contributed by atoms with Crippen LogP contribution in [0.15, 0.2) is 59.6 Å². The second-order valence-corrected chi connectivity index (χ2v) is 4.65. The van der Waals surface area contributed by atoms with Gasteiger partial charge in [0.1, 0.15) is 5.75 Å². The van der Waals surface area contributed by atoms with Crippen LogP contribution in [0.5, 0.6) is 11.8 Å². The number of aromatic nitrogens is 4. The Kier molecular flexibility index (Phi) is 3.24. The summed E-state index contributed by atoms with van der Waals surface area (Å²) in [6, 6.07) is 9.72. The lowest BCUT2D eigenvalue weighted by molar-refractivity contribution is 0.441. The van der Waals surface area contributed by atoms with Crippen LogP contribution in [0.25, 0.3) is 5.69 Å². The highest BCUT2D eigenvalue weighted by atomic mass is 79.9. The lowest BCUT2D eigenvalue weighted by atomic mass is 10.3. The van der Waals surface area contributed by atoms with Gasteiger partial charge in [-0.05, 0) is 46.3 Å². The van der Waals surface area contributed by atoms with Gasteiger partial charge in [0.25, 0.3) is 0 Å². The van der Waals surface area contributed by atoms with Crippen molar-refractivity contribution in [2.24, 2.45) is 0 Å². The van der Waals surface area contributed by atoms with Crippen molar-refractivity contribution >= 4 is 15.9 Å².